The lowest BCUT2D eigenvalue weighted by atomic mass is 10.2. The summed E-state index contributed by atoms with van der Waals surface area (Å²) in [6, 6.07) is 10.5. The minimum absolute atomic E-state index is 0.0854. The van der Waals surface area contributed by atoms with Gasteiger partial charge in [-0.05, 0) is 42.5 Å². The Bertz CT molecular complexity index is 816. The molecule has 7 nitrogen and oxygen atoms in total. The van der Waals surface area contributed by atoms with Crippen molar-refractivity contribution in [3.63, 3.8) is 0 Å². The zero-order valence-electron chi connectivity index (χ0n) is 11.9. The first-order valence-corrected chi connectivity index (χ1v) is 7.60. The van der Waals surface area contributed by atoms with Crippen molar-refractivity contribution in [1.82, 2.24) is 10.9 Å². The summed E-state index contributed by atoms with van der Waals surface area (Å²) in [5, 5.41) is 14.5. The smallest absolute Gasteiger partial charge is 0.283 e. The molecular formula is C14H10Cl2N4O3S. The van der Waals surface area contributed by atoms with Crippen LogP contribution in [0.15, 0.2) is 42.5 Å². The predicted octanol–water partition coefficient (Wildman–Crippen LogP) is 3.53. The summed E-state index contributed by atoms with van der Waals surface area (Å²) in [6.07, 6.45) is 0. The van der Waals surface area contributed by atoms with E-state index in [1.54, 1.807) is 24.3 Å². The van der Waals surface area contributed by atoms with Crippen molar-refractivity contribution in [3.05, 3.63) is 68.2 Å². The molecular weight excluding hydrogens is 375 g/mol. The molecule has 0 unspecified atom stereocenters. The molecule has 3 N–H and O–H groups in total. The summed E-state index contributed by atoms with van der Waals surface area (Å²) >= 11 is 16.6. The molecule has 0 fully saturated rings. The molecule has 0 atom stereocenters. The molecule has 0 aliphatic heterocycles. The summed E-state index contributed by atoms with van der Waals surface area (Å²) < 4.78 is 0. The highest BCUT2D eigenvalue weighted by Crippen LogP contribution is 2.23. The number of thiocarbonyl (C=S) groups is 1. The van der Waals surface area contributed by atoms with Crippen molar-refractivity contribution >= 4 is 57.8 Å². The highest BCUT2D eigenvalue weighted by Gasteiger charge is 2.20. The van der Waals surface area contributed by atoms with Crippen molar-refractivity contribution in [2.24, 2.45) is 0 Å². The van der Waals surface area contributed by atoms with Crippen LogP contribution in [0.2, 0.25) is 10.0 Å². The molecule has 0 aliphatic rings. The van der Waals surface area contributed by atoms with Gasteiger partial charge in [0.25, 0.3) is 11.6 Å². The Balaban J connectivity index is 2.00. The lowest BCUT2D eigenvalue weighted by Crippen LogP contribution is -2.43. The number of amides is 1. The average Bonchev–Trinajstić information content (AvgIpc) is 2.52. The normalized spacial score (nSPS) is 9.92. The number of nitrogens with one attached hydrogen (secondary N) is 3. The van der Waals surface area contributed by atoms with Gasteiger partial charge in [-0.25, -0.2) is 0 Å². The van der Waals surface area contributed by atoms with Gasteiger partial charge in [-0.2, -0.15) is 0 Å². The van der Waals surface area contributed by atoms with Gasteiger partial charge in [0.2, 0.25) is 0 Å². The van der Waals surface area contributed by atoms with Crippen molar-refractivity contribution in [2.45, 2.75) is 0 Å². The number of nitrogens with zero attached hydrogens (tertiary/aromatic N) is 1. The Kier molecular flexibility index (Phi) is 5.91. The molecule has 0 saturated heterocycles. The first-order valence-electron chi connectivity index (χ1n) is 6.43. The molecule has 0 bridgehead atoms. The lowest BCUT2D eigenvalue weighted by Gasteiger charge is -2.12. The zero-order chi connectivity index (χ0) is 17.7. The van der Waals surface area contributed by atoms with Gasteiger partial charge < -0.3 is 5.32 Å². The van der Waals surface area contributed by atoms with E-state index in [-0.39, 0.29) is 15.7 Å². The molecule has 10 heteroatoms. The second-order valence-corrected chi connectivity index (χ2v) is 5.74. The molecule has 0 aromatic heterocycles. The Hall–Kier alpha value is -2.42. The fourth-order valence-corrected chi connectivity index (χ4v) is 2.28. The van der Waals surface area contributed by atoms with Gasteiger partial charge in [-0.1, -0.05) is 29.3 Å². The van der Waals surface area contributed by atoms with Crippen LogP contribution in [0.3, 0.4) is 0 Å². The average molecular weight is 385 g/mol. The van der Waals surface area contributed by atoms with Crippen LogP contribution in [-0.4, -0.2) is 15.9 Å². The van der Waals surface area contributed by atoms with E-state index in [0.29, 0.717) is 10.7 Å². The molecule has 2 aromatic carbocycles. The van der Waals surface area contributed by atoms with Crippen LogP contribution in [0.5, 0.6) is 0 Å². The number of nitro benzene ring substituents is 1. The summed E-state index contributed by atoms with van der Waals surface area (Å²) in [5.41, 5.74) is 4.79. The van der Waals surface area contributed by atoms with Crippen molar-refractivity contribution < 1.29 is 9.72 Å². The van der Waals surface area contributed by atoms with E-state index in [1.807, 2.05) is 0 Å². The van der Waals surface area contributed by atoms with Gasteiger partial charge in [-0.15, -0.1) is 0 Å². The van der Waals surface area contributed by atoms with E-state index in [4.69, 9.17) is 35.4 Å². The molecule has 124 valence electrons. The number of hydrogen-bond acceptors (Lipinski definition) is 4. The van der Waals surface area contributed by atoms with E-state index in [0.717, 1.165) is 6.07 Å². The zero-order valence-corrected chi connectivity index (χ0v) is 14.2. The van der Waals surface area contributed by atoms with Crippen molar-refractivity contribution in [3.8, 4) is 0 Å². The standard InChI is InChI=1S/C14H10Cl2N4O3S/c15-8-2-1-3-10(6-8)17-14(24)19-18-13(21)11-5-4-9(16)7-12(11)20(22)23/h1-7H,(H,18,21)(H2,17,19,24). The van der Waals surface area contributed by atoms with Crippen LogP contribution in [0, 0.1) is 10.1 Å². The molecule has 0 radical (unpaired) electrons. The Morgan fingerprint density at radius 3 is 2.46 bits per heavy atom. The predicted molar refractivity (Wildman–Crippen MR) is 96.4 cm³/mol. The maximum Gasteiger partial charge on any atom is 0.283 e. The lowest BCUT2D eigenvalue weighted by molar-refractivity contribution is -0.385. The number of hydrogen-bond donors (Lipinski definition) is 3. The largest absolute Gasteiger partial charge is 0.331 e. The third-order valence-electron chi connectivity index (χ3n) is 2.77. The molecule has 0 spiro atoms. The van der Waals surface area contributed by atoms with Crippen LogP contribution in [0.1, 0.15) is 10.4 Å². The summed E-state index contributed by atoms with van der Waals surface area (Å²) in [6.45, 7) is 0. The molecule has 2 aromatic rings. The van der Waals surface area contributed by atoms with E-state index >= 15 is 0 Å². The van der Waals surface area contributed by atoms with Gasteiger partial charge in [0.05, 0.1) is 4.92 Å². The Morgan fingerprint density at radius 1 is 1.08 bits per heavy atom. The second kappa shape index (κ2) is 7.91. The molecule has 24 heavy (non-hydrogen) atoms. The molecule has 0 heterocycles. The second-order valence-electron chi connectivity index (χ2n) is 4.46. The summed E-state index contributed by atoms with van der Waals surface area (Å²) in [4.78, 5) is 22.4. The van der Waals surface area contributed by atoms with Crippen LogP contribution < -0.4 is 16.2 Å². The van der Waals surface area contributed by atoms with Gasteiger partial charge in [0.15, 0.2) is 5.11 Å². The number of rotatable bonds is 3. The van der Waals surface area contributed by atoms with Gasteiger partial charge in [0, 0.05) is 21.8 Å². The number of hydrazine groups is 1. The molecule has 2 rings (SSSR count). The fraction of sp³-hybridized carbons (Fsp3) is 0. The minimum atomic E-state index is -0.728. The number of benzene rings is 2. The minimum Gasteiger partial charge on any atom is -0.331 e. The van der Waals surface area contributed by atoms with Crippen LogP contribution in [0.4, 0.5) is 11.4 Å². The van der Waals surface area contributed by atoms with Gasteiger partial charge in [0.1, 0.15) is 5.56 Å². The van der Waals surface area contributed by atoms with E-state index in [1.165, 1.54) is 12.1 Å². The SMILES string of the molecule is O=C(NNC(=S)Nc1cccc(Cl)c1)c1ccc(Cl)cc1[N+](=O)[O-]. The number of carbonyl (C=O) groups excluding carboxylic acids is 1. The Labute approximate surface area is 152 Å². The maximum absolute atomic E-state index is 12.1. The quantitative estimate of drug-likeness (QED) is 0.425. The van der Waals surface area contributed by atoms with Crippen molar-refractivity contribution in [2.75, 3.05) is 5.32 Å². The number of nitro groups is 1. The number of halogens is 2. The van der Waals surface area contributed by atoms with Gasteiger partial charge in [-0.3, -0.25) is 25.8 Å². The first kappa shape index (κ1) is 17.9. The molecule has 1 amide bonds. The van der Waals surface area contributed by atoms with E-state index in [9.17, 15) is 14.9 Å². The number of carbonyl (C=O) groups is 1. The third-order valence-corrected chi connectivity index (χ3v) is 3.45. The van der Waals surface area contributed by atoms with E-state index < -0.39 is 16.5 Å². The number of anilines is 1. The maximum atomic E-state index is 12.1. The highest BCUT2D eigenvalue weighted by molar-refractivity contribution is 7.80. The monoisotopic (exact) mass is 384 g/mol. The summed E-state index contributed by atoms with van der Waals surface area (Å²) in [7, 11) is 0. The molecule has 0 aliphatic carbocycles. The van der Waals surface area contributed by atoms with Gasteiger partial charge >= 0.3 is 0 Å². The summed E-state index contributed by atoms with van der Waals surface area (Å²) in [5.74, 6) is -0.728. The molecule has 0 saturated carbocycles. The highest BCUT2D eigenvalue weighted by atomic mass is 35.5. The topological polar surface area (TPSA) is 96.3 Å². The Morgan fingerprint density at radius 2 is 1.79 bits per heavy atom. The van der Waals surface area contributed by atoms with E-state index in [2.05, 4.69) is 16.2 Å². The third kappa shape index (κ3) is 4.79. The van der Waals surface area contributed by atoms with Crippen molar-refractivity contribution in [1.29, 1.82) is 0 Å². The fourth-order valence-electron chi connectivity index (χ4n) is 1.76. The first-order chi connectivity index (χ1) is 11.4. The van der Waals surface area contributed by atoms with Crippen LogP contribution in [-0.2, 0) is 0 Å². The van der Waals surface area contributed by atoms with Crippen LogP contribution in [0.25, 0.3) is 0 Å². The van der Waals surface area contributed by atoms with Crippen LogP contribution >= 0.6 is 35.4 Å².